The molecule has 0 aliphatic heterocycles. The summed E-state index contributed by atoms with van der Waals surface area (Å²) >= 11 is 0. The van der Waals surface area contributed by atoms with Gasteiger partial charge < -0.3 is 42.1 Å². The minimum Gasteiger partial charge on any atom is -0.481 e. The first-order chi connectivity index (χ1) is 14.8. The molecular weight excluding hydrogens is 432 g/mol. The van der Waals surface area contributed by atoms with E-state index in [-0.39, 0.29) is 0 Å². The van der Waals surface area contributed by atoms with Crippen molar-refractivity contribution in [2.45, 2.75) is 63.7 Å². The highest BCUT2D eigenvalue weighted by atomic mass is 16.4. The zero-order valence-electron chi connectivity index (χ0n) is 17.7. The van der Waals surface area contributed by atoms with Crippen LogP contribution in [-0.2, 0) is 28.8 Å². The molecule has 5 unspecified atom stereocenters. The highest BCUT2D eigenvalue weighted by molar-refractivity contribution is 5.95. The van der Waals surface area contributed by atoms with Gasteiger partial charge in [-0.3, -0.25) is 24.0 Å². The molecule has 182 valence electrons. The monoisotopic (exact) mass is 462 g/mol. The molecule has 0 saturated carbocycles. The minimum absolute atomic E-state index is 0.393. The molecule has 5 atom stereocenters. The maximum atomic E-state index is 12.8. The molecule has 0 fully saturated rings. The predicted octanol–water partition coefficient (Wildman–Crippen LogP) is -2.77. The number of carboxylic acids is 3. The molecule has 0 saturated heterocycles. The van der Waals surface area contributed by atoms with Gasteiger partial charge >= 0.3 is 17.9 Å². The molecule has 0 aliphatic carbocycles. The van der Waals surface area contributed by atoms with Gasteiger partial charge in [0.2, 0.25) is 17.7 Å². The fourth-order valence-corrected chi connectivity index (χ4v) is 2.50. The molecule has 0 rings (SSSR count). The largest absolute Gasteiger partial charge is 0.481 e. The van der Waals surface area contributed by atoms with Crippen molar-refractivity contribution in [3.63, 3.8) is 0 Å². The Labute approximate surface area is 183 Å². The molecule has 0 aliphatic rings. The van der Waals surface area contributed by atoms with Gasteiger partial charge in [0.25, 0.3) is 0 Å². The van der Waals surface area contributed by atoms with Crippen molar-refractivity contribution in [2.75, 3.05) is 6.61 Å². The second-order valence-electron chi connectivity index (χ2n) is 7.15. The number of carboxylic acid groups (broad SMARTS) is 3. The lowest BCUT2D eigenvalue weighted by Crippen LogP contribution is -2.59. The zero-order valence-corrected chi connectivity index (χ0v) is 17.7. The van der Waals surface area contributed by atoms with Crippen LogP contribution in [0.3, 0.4) is 0 Å². The summed E-state index contributed by atoms with van der Waals surface area (Å²) in [6.07, 6.45) is -1.23. The Balaban J connectivity index is 5.54. The van der Waals surface area contributed by atoms with Crippen LogP contribution in [0.2, 0.25) is 0 Å². The van der Waals surface area contributed by atoms with E-state index in [1.165, 1.54) is 0 Å². The molecule has 0 bridgehead atoms. The SMILES string of the molecule is CCC(C)C(NC(=O)C(N)CC(=O)O)C(=O)NC(CCC(=O)O)C(=O)NC(CO)C(=O)O. The van der Waals surface area contributed by atoms with E-state index in [4.69, 9.17) is 26.2 Å². The van der Waals surface area contributed by atoms with Crippen molar-refractivity contribution in [3.8, 4) is 0 Å². The summed E-state index contributed by atoms with van der Waals surface area (Å²) in [6, 6.07) is -5.83. The summed E-state index contributed by atoms with van der Waals surface area (Å²) < 4.78 is 0. The molecule has 9 N–H and O–H groups in total. The molecule has 0 aromatic rings. The standard InChI is InChI=1S/C18H30N4O10/c1-3-8(2)14(22-15(28)9(19)6-13(26)27)17(30)20-10(4-5-12(24)25)16(29)21-11(7-23)18(31)32/h8-11,14,23H,3-7,19H2,1-2H3,(H,20,30)(H,21,29)(H,22,28)(H,24,25)(H,26,27)(H,31,32). The van der Waals surface area contributed by atoms with Gasteiger partial charge in [-0.15, -0.1) is 0 Å². The third kappa shape index (κ3) is 10.2. The van der Waals surface area contributed by atoms with E-state index < -0.39 is 91.6 Å². The van der Waals surface area contributed by atoms with Crippen molar-refractivity contribution >= 4 is 35.6 Å². The lowest BCUT2D eigenvalue weighted by molar-refractivity contribution is -0.144. The molecule has 32 heavy (non-hydrogen) atoms. The lowest BCUT2D eigenvalue weighted by Gasteiger charge is -2.27. The summed E-state index contributed by atoms with van der Waals surface area (Å²) in [5, 5.41) is 42.2. The van der Waals surface area contributed by atoms with Gasteiger partial charge in [-0.2, -0.15) is 0 Å². The van der Waals surface area contributed by atoms with Crippen LogP contribution in [0.1, 0.15) is 39.5 Å². The minimum atomic E-state index is -1.68. The van der Waals surface area contributed by atoms with Crippen LogP contribution < -0.4 is 21.7 Å². The van der Waals surface area contributed by atoms with Crippen LogP contribution in [0, 0.1) is 5.92 Å². The molecule has 0 spiro atoms. The Morgan fingerprint density at radius 2 is 1.41 bits per heavy atom. The van der Waals surface area contributed by atoms with Gasteiger partial charge in [-0.05, 0) is 12.3 Å². The Morgan fingerprint density at radius 3 is 1.84 bits per heavy atom. The molecule has 0 heterocycles. The van der Waals surface area contributed by atoms with Crippen molar-refractivity contribution in [3.05, 3.63) is 0 Å². The first kappa shape index (κ1) is 28.7. The number of amides is 3. The van der Waals surface area contributed by atoms with E-state index in [9.17, 15) is 28.8 Å². The number of carbonyl (C=O) groups excluding carboxylic acids is 3. The van der Waals surface area contributed by atoms with E-state index in [0.717, 1.165) is 0 Å². The quantitative estimate of drug-likeness (QED) is 0.124. The maximum Gasteiger partial charge on any atom is 0.328 e. The summed E-state index contributed by atoms with van der Waals surface area (Å²) in [7, 11) is 0. The van der Waals surface area contributed by atoms with Gasteiger partial charge in [0.05, 0.1) is 19.1 Å². The maximum absolute atomic E-state index is 12.8. The number of hydrogen-bond acceptors (Lipinski definition) is 8. The third-order valence-corrected chi connectivity index (χ3v) is 4.60. The number of aliphatic carboxylic acids is 3. The predicted molar refractivity (Wildman–Crippen MR) is 107 cm³/mol. The average molecular weight is 462 g/mol. The van der Waals surface area contributed by atoms with Gasteiger partial charge in [0.1, 0.15) is 18.1 Å². The summed E-state index contributed by atoms with van der Waals surface area (Å²) in [5.41, 5.74) is 5.50. The molecule has 0 radical (unpaired) electrons. The van der Waals surface area contributed by atoms with Crippen molar-refractivity contribution in [2.24, 2.45) is 11.7 Å². The Kier molecular flexibility index (Phi) is 12.5. The van der Waals surface area contributed by atoms with Crippen LogP contribution in [0.4, 0.5) is 0 Å². The van der Waals surface area contributed by atoms with Crippen LogP contribution >= 0.6 is 0 Å². The first-order valence-electron chi connectivity index (χ1n) is 9.77. The van der Waals surface area contributed by atoms with Crippen LogP contribution in [-0.4, -0.2) is 86.8 Å². The highest BCUT2D eigenvalue weighted by Crippen LogP contribution is 2.10. The first-order valence-corrected chi connectivity index (χ1v) is 9.77. The van der Waals surface area contributed by atoms with Gasteiger partial charge in [-0.1, -0.05) is 20.3 Å². The zero-order chi connectivity index (χ0) is 25.0. The second kappa shape index (κ2) is 13.9. The number of nitrogens with one attached hydrogen (secondary N) is 3. The van der Waals surface area contributed by atoms with E-state index in [1.807, 2.05) is 5.32 Å². The number of carbonyl (C=O) groups is 6. The normalized spacial score (nSPS) is 15.4. The van der Waals surface area contributed by atoms with Gasteiger partial charge in [-0.25, -0.2) is 4.79 Å². The van der Waals surface area contributed by atoms with Crippen molar-refractivity contribution in [1.29, 1.82) is 0 Å². The second-order valence-corrected chi connectivity index (χ2v) is 7.15. The molecule has 14 heteroatoms. The smallest absolute Gasteiger partial charge is 0.328 e. The lowest BCUT2D eigenvalue weighted by atomic mass is 9.97. The topological polar surface area (TPSA) is 245 Å². The van der Waals surface area contributed by atoms with Crippen molar-refractivity contribution in [1.82, 2.24) is 16.0 Å². The number of aliphatic hydroxyl groups excluding tert-OH is 1. The molecule has 14 nitrogen and oxygen atoms in total. The number of rotatable bonds is 15. The number of aliphatic hydroxyl groups is 1. The van der Waals surface area contributed by atoms with E-state index >= 15 is 0 Å². The van der Waals surface area contributed by atoms with E-state index in [2.05, 4.69) is 10.6 Å². The van der Waals surface area contributed by atoms with E-state index in [1.54, 1.807) is 13.8 Å². The third-order valence-electron chi connectivity index (χ3n) is 4.60. The van der Waals surface area contributed by atoms with Crippen molar-refractivity contribution < 1.29 is 49.2 Å². The van der Waals surface area contributed by atoms with Crippen LogP contribution in [0.5, 0.6) is 0 Å². The Morgan fingerprint density at radius 1 is 0.844 bits per heavy atom. The fraction of sp³-hybridized carbons (Fsp3) is 0.667. The highest BCUT2D eigenvalue weighted by Gasteiger charge is 2.32. The molecule has 0 aromatic carbocycles. The molecule has 0 aromatic heterocycles. The number of hydrogen-bond donors (Lipinski definition) is 8. The van der Waals surface area contributed by atoms with E-state index in [0.29, 0.717) is 6.42 Å². The summed E-state index contributed by atoms with van der Waals surface area (Å²) in [5.74, 6) is -7.45. The van der Waals surface area contributed by atoms with Crippen LogP contribution in [0.25, 0.3) is 0 Å². The Hall–Kier alpha value is -3.26. The Bertz CT molecular complexity index is 714. The van der Waals surface area contributed by atoms with Gasteiger partial charge in [0.15, 0.2) is 0 Å². The summed E-state index contributed by atoms with van der Waals surface area (Å²) in [6.45, 7) is 2.38. The van der Waals surface area contributed by atoms with Gasteiger partial charge in [0, 0.05) is 6.42 Å². The van der Waals surface area contributed by atoms with Crippen LogP contribution in [0.15, 0.2) is 0 Å². The summed E-state index contributed by atoms with van der Waals surface area (Å²) in [4.78, 5) is 70.0. The molecule has 3 amide bonds. The fourth-order valence-electron chi connectivity index (χ4n) is 2.50. The average Bonchev–Trinajstić information content (AvgIpc) is 2.70. The molecular formula is C18H30N4O10. The number of nitrogens with two attached hydrogens (primary N) is 1.